The van der Waals surface area contributed by atoms with Crippen LogP contribution in [0.1, 0.15) is 26.7 Å². The van der Waals surface area contributed by atoms with Crippen molar-refractivity contribution in [2.45, 2.75) is 37.2 Å². The molecule has 4 atom stereocenters. The molecule has 0 aromatic carbocycles. The smallest absolute Gasteiger partial charge is 0.0200 e. The molecule has 2 rings (SSSR count). The third-order valence-electron chi connectivity index (χ3n) is 4.82. The van der Waals surface area contributed by atoms with Crippen LogP contribution in [0.2, 0.25) is 0 Å². The molecule has 0 radical (unpaired) electrons. The summed E-state index contributed by atoms with van der Waals surface area (Å²) < 4.78 is 0. The lowest BCUT2D eigenvalue weighted by molar-refractivity contribution is 0.225. The van der Waals surface area contributed by atoms with Crippen molar-refractivity contribution in [3.8, 4) is 0 Å². The quantitative estimate of drug-likeness (QED) is 0.711. The predicted molar refractivity (Wildman–Crippen MR) is 95.0 cm³/mol. The summed E-state index contributed by atoms with van der Waals surface area (Å²) in [6.07, 6.45) is 2.84. The van der Waals surface area contributed by atoms with E-state index < -0.39 is 0 Å². The van der Waals surface area contributed by atoms with Gasteiger partial charge >= 0.3 is 0 Å². The van der Waals surface area contributed by atoms with Crippen molar-refractivity contribution in [3.05, 3.63) is 0 Å². The van der Waals surface area contributed by atoms with Gasteiger partial charge < -0.3 is 4.90 Å². The first kappa shape index (κ1) is 17.0. The van der Waals surface area contributed by atoms with E-state index in [0.29, 0.717) is 0 Å². The Morgan fingerprint density at radius 1 is 0.850 bits per heavy atom. The Morgan fingerprint density at radius 2 is 1.35 bits per heavy atom. The molecule has 0 amide bonds. The van der Waals surface area contributed by atoms with Crippen molar-refractivity contribution in [2.24, 2.45) is 11.8 Å². The molecule has 0 saturated carbocycles. The highest BCUT2D eigenvalue weighted by atomic mass is 32.2. The summed E-state index contributed by atoms with van der Waals surface area (Å²) in [6.45, 7) is 9.94. The van der Waals surface area contributed by atoms with E-state index in [1.807, 2.05) is 0 Å². The topological polar surface area (TPSA) is 6.48 Å². The van der Waals surface area contributed by atoms with Crippen LogP contribution in [0.4, 0.5) is 0 Å². The molecule has 2 aliphatic rings. The Morgan fingerprint density at radius 3 is 1.70 bits per heavy atom. The molecule has 2 aliphatic heterocycles. The molecular weight excluding hydrogens is 284 g/mol. The lowest BCUT2D eigenvalue weighted by Crippen LogP contribution is -2.41. The highest BCUT2D eigenvalue weighted by Gasteiger charge is 2.30. The maximum absolute atomic E-state index is 2.76. The van der Waals surface area contributed by atoms with Gasteiger partial charge in [0, 0.05) is 36.7 Å². The van der Waals surface area contributed by atoms with Crippen LogP contribution in [0.5, 0.6) is 0 Å². The summed E-state index contributed by atoms with van der Waals surface area (Å²) in [5.41, 5.74) is 0. The largest absolute Gasteiger partial charge is 0.308 e. The van der Waals surface area contributed by atoms with E-state index in [9.17, 15) is 0 Å². The molecule has 0 aromatic rings. The zero-order valence-corrected chi connectivity index (χ0v) is 15.3. The second-order valence-electron chi connectivity index (χ2n) is 6.91. The van der Waals surface area contributed by atoms with Crippen LogP contribution in [0.3, 0.4) is 0 Å². The van der Waals surface area contributed by atoms with Gasteiger partial charge in [0.2, 0.25) is 0 Å². The van der Waals surface area contributed by atoms with Gasteiger partial charge in [-0.25, -0.2) is 0 Å². The van der Waals surface area contributed by atoms with Crippen molar-refractivity contribution in [1.29, 1.82) is 0 Å². The van der Waals surface area contributed by atoms with Gasteiger partial charge in [0.05, 0.1) is 0 Å². The van der Waals surface area contributed by atoms with E-state index in [0.717, 1.165) is 22.3 Å². The summed E-state index contributed by atoms with van der Waals surface area (Å²) in [4.78, 5) is 5.09. The van der Waals surface area contributed by atoms with Crippen molar-refractivity contribution >= 4 is 23.5 Å². The van der Waals surface area contributed by atoms with E-state index >= 15 is 0 Å². The summed E-state index contributed by atoms with van der Waals surface area (Å²) in [7, 11) is 4.39. The third-order valence-corrected chi connectivity index (χ3v) is 7.85. The van der Waals surface area contributed by atoms with Crippen molar-refractivity contribution < 1.29 is 0 Å². The monoisotopic (exact) mass is 316 g/mol. The fraction of sp³-hybridized carbons (Fsp3) is 1.00. The van der Waals surface area contributed by atoms with Crippen LogP contribution in [-0.2, 0) is 0 Å². The van der Waals surface area contributed by atoms with E-state index in [1.54, 1.807) is 0 Å². The first-order chi connectivity index (χ1) is 9.56. The van der Waals surface area contributed by atoms with Crippen LogP contribution >= 0.6 is 23.5 Å². The summed E-state index contributed by atoms with van der Waals surface area (Å²) in [5, 5.41) is 1.75. The normalized spacial score (nSPS) is 34.5. The molecule has 4 heteroatoms. The minimum Gasteiger partial charge on any atom is -0.308 e. The molecule has 118 valence electrons. The highest BCUT2D eigenvalue weighted by Crippen LogP contribution is 2.35. The minimum absolute atomic E-state index is 0.874. The Kier molecular flexibility index (Phi) is 7.05. The van der Waals surface area contributed by atoms with Gasteiger partial charge in [0.25, 0.3) is 0 Å². The average Bonchev–Trinajstić information content (AvgIpc) is 2.97. The fourth-order valence-electron chi connectivity index (χ4n) is 3.08. The first-order valence-electron chi connectivity index (χ1n) is 8.16. The molecule has 0 aliphatic carbocycles. The molecule has 2 nitrogen and oxygen atoms in total. The molecule has 2 fully saturated rings. The summed E-state index contributed by atoms with van der Waals surface area (Å²) >= 11 is 4.42. The minimum atomic E-state index is 0.874. The fourth-order valence-corrected chi connectivity index (χ4v) is 6.27. The molecule has 0 bridgehead atoms. The Hall–Kier alpha value is 0.620. The van der Waals surface area contributed by atoms with Gasteiger partial charge in [-0.05, 0) is 50.3 Å². The Bertz CT molecular complexity index is 264. The van der Waals surface area contributed by atoms with Gasteiger partial charge in [-0.2, -0.15) is 23.5 Å². The van der Waals surface area contributed by atoms with Gasteiger partial charge in [0.15, 0.2) is 0 Å². The van der Waals surface area contributed by atoms with Gasteiger partial charge in [-0.3, -0.25) is 4.90 Å². The lowest BCUT2D eigenvalue weighted by atomic mass is 10.0. The molecule has 0 aromatic heterocycles. The Balaban J connectivity index is 1.85. The Labute approximate surface area is 134 Å². The average molecular weight is 317 g/mol. The van der Waals surface area contributed by atoms with Gasteiger partial charge in [0.1, 0.15) is 0 Å². The van der Waals surface area contributed by atoms with E-state index in [1.165, 1.54) is 50.5 Å². The standard InChI is InChI=1S/C16H32N2S2/c1-13-5-9-19-15(13)11-18(8-7-17(3)4)12-16-14(2)6-10-20-16/h13-16H,5-12H2,1-4H3. The molecule has 4 unspecified atom stereocenters. The van der Waals surface area contributed by atoms with Crippen LogP contribution in [-0.4, -0.2) is 72.1 Å². The maximum Gasteiger partial charge on any atom is 0.0200 e. The van der Waals surface area contributed by atoms with Crippen molar-refractivity contribution in [3.63, 3.8) is 0 Å². The van der Waals surface area contributed by atoms with Gasteiger partial charge in [-0.1, -0.05) is 13.8 Å². The van der Waals surface area contributed by atoms with Crippen LogP contribution < -0.4 is 0 Å². The zero-order valence-electron chi connectivity index (χ0n) is 13.7. The van der Waals surface area contributed by atoms with Crippen LogP contribution in [0, 0.1) is 11.8 Å². The number of hydrogen-bond acceptors (Lipinski definition) is 4. The third kappa shape index (κ3) is 5.11. The second kappa shape index (κ2) is 8.30. The molecule has 0 N–H and O–H groups in total. The van der Waals surface area contributed by atoms with E-state index in [2.05, 4.69) is 61.3 Å². The molecule has 2 saturated heterocycles. The highest BCUT2D eigenvalue weighted by molar-refractivity contribution is 8.00. The van der Waals surface area contributed by atoms with Gasteiger partial charge in [-0.15, -0.1) is 0 Å². The number of rotatable bonds is 7. The maximum atomic E-state index is 2.76. The lowest BCUT2D eigenvalue weighted by Gasteiger charge is -2.31. The van der Waals surface area contributed by atoms with Crippen LogP contribution in [0.15, 0.2) is 0 Å². The second-order valence-corrected chi connectivity index (χ2v) is 9.61. The predicted octanol–water partition coefficient (Wildman–Crippen LogP) is 3.13. The summed E-state index contributed by atoms with van der Waals surface area (Å²) in [5.74, 6) is 4.58. The van der Waals surface area contributed by atoms with E-state index in [4.69, 9.17) is 0 Å². The molecular formula is C16H32N2S2. The van der Waals surface area contributed by atoms with Crippen molar-refractivity contribution in [1.82, 2.24) is 9.80 Å². The van der Waals surface area contributed by atoms with Crippen molar-refractivity contribution in [2.75, 3.05) is 51.8 Å². The zero-order chi connectivity index (χ0) is 14.5. The summed E-state index contributed by atoms with van der Waals surface area (Å²) in [6, 6.07) is 0. The number of nitrogens with zero attached hydrogens (tertiary/aromatic N) is 2. The SMILES string of the molecule is CC1CCSC1CN(CCN(C)C)CC1SCCC1C. The molecule has 2 heterocycles. The first-order valence-corrected chi connectivity index (χ1v) is 10.3. The van der Waals surface area contributed by atoms with E-state index in [-0.39, 0.29) is 0 Å². The van der Waals surface area contributed by atoms with Crippen LogP contribution in [0.25, 0.3) is 0 Å². The number of hydrogen-bond donors (Lipinski definition) is 0. The molecule has 0 spiro atoms. The number of likely N-dealkylation sites (N-methyl/N-ethyl adjacent to an activating group) is 1. The number of thioether (sulfide) groups is 2. The molecule has 20 heavy (non-hydrogen) atoms.